The standard InChI is InChI=1S/C74H40F12N6/c75-71(76,77)52-31-50(32-53(39-52)72(78,79)80)47-24-28-65-59(36-47)56-15-7-9-17-62(56)91(65)64-27-23-46(43-21-19-42(41-87)20-22-43)35-58(64)49-26-30-67(61(38-49)70-89-68(44-11-3-1-4-12-44)88-69(90-70)45-13-5-2-6-14-45)92-63-18-10-8-16-57(63)60-37-48(25-29-66(60)92)51-33-54(73(81,82)83)40-55(34-51)74(84,85)86/h1-40H. The Hall–Kier alpha value is -11.3. The lowest BCUT2D eigenvalue weighted by Crippen LogP contribution is -2.11. The molecular weight excluding hydrogens is 1200 g/mol. The maximum Gasteiger partial charge on any atom is 0.416 e. The Balaban J connectivity index is 1.04. The summed E-state index contributed by atoms with van der Waals surface area (Å²) in [6.07, 6.45) is -20.4. The molecule has 0 fully saturated rings. The van der Waals surface area contributed by atoms with Gasteiger partial charge in [-0.2, -0.15) is 57.9 Å². The Labute approximate surface area is 514 Å². The second-order valence-corrected chi connectivity index (χ2v) is 21.9. The lowest BCUT2D eigenvalue weighted by molar-refractivity contribution is -0.144. The maximum atomic E-state index is 14.3. The lowest BCUT2D eigenvalue weighted by atomic mass is 9.94. The van der Waals surface area contributed by atoms with Gasteiger partial charge in [-0.1, -0.05) is 133 Å². The van der Waals surface area contributed by atoms with E-state index in [1.165, 1.54) is 12.1 Å². The van der Waals surface area contributed by atoms with Gasteiger partial charge in [-0.05, 0) is 148 Å². The van der Waals surface area contributed by atoms with E-state index in [1.807, 2.05) is 143 Å². The minimum atomic E-state index is -5.10. The van der Waals surface area contributed by atoms with E-state index in [-0.39, 0.29) is 40.2 Å². The highest BCUT2D eigenvalue weighted by Crippen LogP contribution is 2.46. The fourth-order valence-corrected chi connectivity index (χ4v) is 12.0. The van der Waals surface area contributed by atoms with Gasteiger partial charge in [-0.3, -0.25) is 0 Å². The molecule has 0 aliphatic rings. The highest BCUT2D eigenvalue weighted by molar-refractivity contribution is 6.12. The summed E-state index contributed by atoms with van der Waals surface area (Å²) >= 11 is 0. The van der Waals surface area contributed by atoms with Gasteiger partial charge in [0.25, 0.3) is 0 Å². The summed E-state index contributed by atoms with van der Waals surface area (Å²) in [7, 11) is 0. The second kappa shape index (κ2) is 22.0. The fraction of sp³-hybridized carbons (Fsp3) is 0.0541. The van der Waals surface area contributed by atoms with Gasteiger partial charge in [-0.15, -0.1) is 0 Å². The molecule has 0 saturated carbocycles. The zero-order chi connectivity index (χ0) is 64.0. The molecule has 11 aromatic carbocycles. The van der Waals surface area contributed by atoms with Crippen molar-refractivity contribution in [3.8, 4) is 96.1 Å². The molecule has 92 heavy (non-hydrogen) atoms. The predicted molar refractivity (Wildman–Crippen MR) is 331 cm³/mol. The Morgan fingerprint density at radius 3 is 1.05 bits per heavy atom. The van der Waals surface area contributed by atoms with E-state index >= 15 is 0 Å². The largest absolute Gasteiger partial charge is 0.416 e. The van der Waals surface area contributed by atoms with Crippen LogP contribution in [-0.4, -0.2) is 24.1 Å². The normalized spacial score (nSPS) is 12.3. The van der Waals surface area contributed by atoms with Crippen LogP contribution in [0.2, 0.25) is 0 Å². The van der Waals surface area contributed by atoms with Crippen LogP contribution in [-0.2, 0) is 24.7 Å². The molecule has 3 heterocycles. The number of para-hydroxylation sites is 2. The number of nitrogens with zero attached hydrogens (tertiary/aromatic N) is 6. The molecule has 0 aliphatic heterocycles. The van der Waals surface area contributed by atoms with Gasteiger partial charge in [0.05, 0.1) is 67.3 Å². The zero-order valence-electron chi connectivity index (χ0n) is 47.3. The monoisotopic (exact) mass is 1240 g/mol. The number of hydrogen-bond acceptors (Lipinski definition) is 4. The van der Waals surface area contributed by atoms with Gasteiger partial charge in [0.1, 0.15) is 0 Å². The summed E-state index contributed by atoms with van der Waals surface area (Å²) in [4.78, 5) is 15.4. The SMILES string of the molecule is N#Cc1ccc(-c2ccc(-n3c4ccccc4c4cc(-c5cc(C(F)(F)F)cc(C(F)(F)F)c5)ccc43)c(-c3ccc(-n4c5ccccc5c5cc(-c6cc(C(F)(F)F)cc(C(F)(F)F)c6)ccc54)c(-c4nc(-c5ccccc5)nc(-c5ccccc5)n4)c3)c2)cc1. The van der Waals surface area contributed by atoms with E-state index in [0.29, 0.717) is 130 Å². The van der Waals surface area contributed by atoms with Crippen molar-refractivity contribution >= 4 is 43.6 Å². The number of alkyl halides is 12. The summed E-state index contributed by atoms with van der Waals surface area (Å²) < 4.78 is 175. The number of halogens is 12. The van der Waals surface area contributed by atoms with Crippen molar-refractivity contribution in [3.05, 3.63) is 270 Å². The zero-order valence-corrected chi connectivity index (χ0v) is 47.3. The summed E-state index contributed by atoms with van der Waals surface area (Å²) in [6, 6.07) is 65.8. The summed E-state index contributed by atoms with van der Waals surface area (Å²) in [5.74, 6) is 0.813. The molecule has 0 aliphatic carbocycles. The van der Waals surface area contributed by atoms with Crippen LogP contribution in [0, 0.1) is 11.3 Å². The van der Waals surface area contributed by atoms with Gasteiger partial charge < -0.3 is 9.13 Å². The number of benzene rings is 11. The molecule has 14 rings (SSSR count). The highest BCUT2D eigenvalue weighted by Gasteiger charge is 2.39. The lowest BCUT2D eigenvalue weighted by Gasteiger charge is -2.19. The van der Waals surface area contributed by atoms with E-state index < -0.39 is 47.0 Å². The third-order valence-electron chi connectivity index (χ3n) is 16.3. The molecule has 450 valence electrons. The van der Waals surface area contributed by atoms with Crippen molar-refractivity contribution in [2.45, 2.75) is 24.7 Å². The van der Waals surface area contributed by atoms with Crippen molar-refractivity contribution in [2.75, 3.05) is 0 Å². The van der Waals surface area contributed by atoms with E-state index in [4.69, 9.17) is 15.0 Å². The molecule has 18 heteroatoms. The molecule has 0 unspecified atom stereocenters. The molecule has 14 aromatic rings. The van der Waals surface area contributed by atoms with Crippen molar-refractivity contribution in [1.82, 2.24) is 24.1 Å². The fourth-order valence-electron chi connectivity index (χ4n) is 12.0. The minimum Gasteiger partial charge on any atom is -0.309 e. The molecule has 0 radical (unpaired) electrons. The topological polar surface area (TPSA) is 72.3 Å². The summed E-state index contributed by atoms with van der Waals surface area (Å²) in [5, 5.41) is 12.0. The van der Waals surface area contributed by atoms with Crippen LogP contribution >= 0.6 is 0 Å². The first-order valence-electron chi connectivity index (χ1n) is 28.4. The minimum absolute atomic E-state index is 0.0886. The molecule has 0 spiro atoms. The van der Waals surface area contributed by atoms with Crippen LogP contribution in [0.15, 0.2) is 243 Å². The number of hydrogen-bond donors (Lipinski definition) is 0. The van der Waals surface area contributed by atoms with Gasteiger partial charge >= 0.3 is 24.7 Å². The highest BCUT2D eigenvalue weighted by atomic mass is 19.4. The van der Waals surface area contributed by atoms with Crippen LogP contribution in [0.1, 0.15) is 27.8 Å². The van der Waals surface area contributed by atoms with Gasteiger partial charge in [-0.25, -0.2) is 15.0 Å². The molecule has 0 N–H and O–H groups in total. The van der Waals surface area contributed by atoms with E-state index in [0.717, 1.165) is 5.56 Å². The predicted octanol–water partition coefficient (Wildman–Crippen LogP) is 21.7. The van der Waals surface area contributed by atoms with Gasteiger partial charge in [0, 0.05) is 43.8 Å². The average Bonchev–Trinajstić information content (AvgIpc) is 1.52. The average molecular weight is 1240 g/mol. The number of aromatic nitrogens is 5. The first kappa shape index (κ1) is 58.4. The first-order chi connectivity index (χ1) is 44.0. The van der Waals surface area contributed by atoms with Crippen LogP contribution in [0.3, 0.4) is 0 Å². The Bertz CT molecular complexity index is 5170. The quantitative estimate of drug-likeness (QED) is 0.135. The molecule has 0 amide bonds. The molecule has 3 aromatic heterocycles. The Morgan fingerprint density at radius 1 is 0.272 bits per heavy atom. The Kier molecular flexibility index (Phi) is 14.0. The van der Waals surface area contributed by atoms with Crippen LogP contribution in [0.5, 0.6) is 0 Å². The van der Waals surface area contributed by atoms with E-state index in [1.54, 1.807) is 60.7 Å². The molecule has 0 bridgehead atoms. The number of nitriles is 1. The van der Waals surface area contributed by atoms with Crippen molar-refractivity contribution < 1.29 is 52.7 Å². The van der Waals surface area contributed by atoms with Crippen molar-refractivity contribution in [3.63, 3.8) is 0 Å². The van der Waals surface area contributed by atoms with Crippen molar-refractivity contribution in [2.24, 2.45) is 0 Å². The molecular formula is C74H40F12N6. The van der Waals surface area contributed by atoms with Crippen LogP contribution < -0.4 is 0 Å². The van der Waals surface area contributed by atoms with Gasteiger partial charge in [0.2, 0.25) is 0 Å². The van der Waals surface area contributed by atoms with Crippen LogP contribution in [0.25, 0.3) is 134 Å². The molecule has 6 nitrogen and oxygen atoms in total. The summed E-state index contributed by atoms with van der Waals surface area (Å²) in [6.45, 7) is 0. The number of fused-ring (bicyclic) bond motifs is 6. The van der Waals surface area contributed by atoms with Crippen molar-refractivity contribution in [1.29, 1.82) is 5.26 Å². The van der Waals surface area contributed by atoms with Gasteiger partial charge in [0.15, 0.2) is 17.5 Å². The van der Waals surface area contributed by atoms with E-state index in [2.05, 4.69) is 6.07 Å². The summed E-state index contributed by atoms with van der Waals surface area (Å²) in [5.41, 5.74) is 1.90. The third kappa shape index (κ3) is 10.7. The smallest absolute Gasteiger partial charge is 0.309 e. The molecule has 0 saturated heterocycles. The Morgan fingerprint density at radius 2 is 0.620 bits per heavy atom. The molecule has 0 atom stereocenters. The van der Waals surface area contributed by atoms with E-state index in [9.17, 15) is 57.9 Å². The first-order valence-corrected chi connectivity index (χ1v) is 28.4. The third-order valence-corrected chi connectivity index (χ3v) is 16.3. The van der Waals surface area contributed by atoms with Crippen LogP contribution in [0.4, 0.5) is 52.7 Å². The maximum absolute atomic E-state index is 14.3. The second-order valence-electron chi connectivity index (χ2n) is 21.9. The number of rotatable bonds is 9.